The highest BCUT2D eigenvalue weighted by molar-refractivity contribution is 5.66. The first-order chi connectivity index (χ1) is 10.7. The van der Waals surface area contributed by atoms with Gasteiger partial charge < -0.3 is 4.74 Å². The zero-order valence-electron chi connectivity index (χ0n) is 13.0. The number of ether oxygens (including phenoxy) is 1. The van der Waals surface area contributed by atoms with Crippen LogP contribution >= 0.6 is 0 Å². The molecule has 22 heavy (non-hydrogen) atoms. The monoisotopic (exact) mass is 295 g/mol. The number of rotatable bonds is 5. The molecule has 0 radical (unpaired) electrons. The maximum Gasteiger partial charge on any atom is 0.302 e. The molecule has 0 amide bonds. The maximum atomic E-state index is 11.1. The van der Waals surface area contributed by atoms with Gasteiger partial charge in [-0.2, -0.15) is 0 Å². The minimum atomic E-state index is -0.217. The van der Waals surface area contributed by atoms with Gasteiger partial charge in [-0.15, -0.1) is 0 Å². The standard InChI is InChI=1S/C19H21NO2/c1-14(16-9-5-3-6-10-16)20-18(13-22-15(2)21)19(20)17-11-7-4-8-12-17/h3-12,14,18-19H,13H2,1-2H3/t14-,18+,19-,20?/m1/s1. The first kappa shape index (κ1) is 14.8. The van der Waals surface area contributed by atoms with Crippen LogP contribution in [-0.2, 0) is 9.53 Å². The Morgan fingerprint density at radius 2 is 1.68 bits per heavy atom. The summed E-state index contributed by atoms with van der Waals surface area (Å²) in [7, 11) is 0. The topological polar surface area (TPSA) is 29.3 Å². The molecule has 3 rings (SSSR count). The van der Waals surface area contributed by atoms with Crippen molar-refractivity contribution in [2.75, 3.05) is 6.61 Å². The smallest absolute Gasteiger partial charge is 0.302 e. The molecule has 1 saturated heterocycles. The summed E-state index contributed by atoms with van der Waals surface area (Å²) in [6, 6.07) is 21.7. The third kappa shape index (κ3) is 3.04. The van der Waals surface area contributed by atoms with Crippen LogP contribution < -0.4 is 0 Å². The van der Waals surface area contributed by atoms with E-state index in [1.807, 2.05) is 12.1 Å². The van der Waals surface area contributed by atoms with Crippen LogP contribution in [0.3, 0.4) is 0 Å². The molecule has 1 heterocycles. The summed E-state index contributed by atoms with van der Waals surface area (Å²) >= 11 is 0. The predicted molar refractivity (Wildman–Crippen MR) is 86.3 cm³/mol. The second-order valence-electron chi connectivity index (χ2n) is 5.76. The van der Waals surface area contributed by atoms with Crippen molar-refractivity contribution in [3.8, 4) is 0 Å². The third-order valence-corrected chi connectivity index (χ3v) is 4.31. The number of nitrogens with zero attached hydrogens (tertiary/aromatic N) is 1. The molecule has 4 atom stereocenters. The fourth-order valence-electron chi connectivity index (χ4n) is 3.16. The highest BCUT2D eigenvalue weighted by Gasteiger charge is 2.51. The number of carbonyl (C=O) groups is 1. The molecule has 1 aliphatic heterocycles. The van der Waals surface area contributed by atoms with Crippen molar-refractivity contribution in [3.63, 3.8) is 0 Å². The molecule has 0 aromatic heterocycles. The third-order valence-electron chi connectivity index (χ3n) is 4.31. The van der Waals surface area contributed by atoms with Crippen LogP contribution in [0.4, 0.5) is 0 Å². The zero-order valence-corrected chi connectivity index (χ0v) is 13.0. The summed E-state index contributed by atoms with van der Waals surface area (Å²) in [6.45, 7) is 4.12. The van der Waals surface area contributed by atoms with Gasteiger partial charge in [0.15, 0.2) is 0 Å². The lowest BCUT2D eigenvalue weighted by Gasteiger charge is -2.15. The molecule has 3 nitrogen and oxygen atoms in total. The van der Waals surface area contributed by atoms with Crippen LogP contribution in [0.25, 0.3) is 0 Å². The second kappa shape index (κ2) is 6.32. The van der Waals surface area contributed by atoms with Crippen molar-refractivity contribution in [2.45, 2.75) is 32.0 Å². The molecular weight excluding hydrogens is 274 g/mol. The van der Waals surface area contributed by atoms with Crippen molar-refractivity contribution in [2.24, 2.45) is 0 Å². The van der Waals surface area contributed by atoms with Crippen LogP contribution in [0.15, 0.2) is 60.7 Å². The highest BCUT2D eigenvalue weighted by Crippen LogP contribution is 2.49. The zero-order chi connectivity index (χ0) is 15.5. The van der Waals surface area contributed by atoms with E-state index in [0.29, 0.717) is 18.7 Å². The van der Waals surface area contributed by atoms with Crippen molar-refractivity contribution < 1.29 is 9.53 Å². The first-order valence-corrected chi connectivity index (χ1v) is 7.69. The molecule has 114 valence electrons. The molecule has 0 N–H and O–H groups in total. The second-order valence-corrected chi connectivity index (χ2v) is 5.76. The Balaban J connectivity index is 1.79. The van der Waals surface area contributed by atoms with Gasteiger partial charge in [-0.3, -0.25) is 9.69 Å². The van der Waals surface area contributed by atoms with E-state index >= 15 is 0 Å². The molecule has 1 unspecified atom stereocenters. The van der Waals surface area contributed by atoms with Gasteiger partial charge in [0.25, 0.3) is 0 Å². The normalized spacial score (nSPS) is 24.5. The Morgan fingerprint density at radius 1 is 1.09 bits per heavy atom. The summed E-state index contributed by atoms with van der Waals surface area (Å²) in [5.41, 5.74) is 2.57. The molecule has 1 fully saturated rings. The summed E-state index contributed by atoms with van der Waals surface area (Å²) in [6.07, 6.45) is 0. The van der Waals surface area contributed by atoms with Crippen LogP contribution in [0.5, 0.6) is 0 Å². The minimum absolute atomic E-state index is 0.217. The summed E-state index contributed by atoms with van der Waals surface area (Å²) in [4.78, 5) is 13.5. The number of hydrogen-bond acceptors (Lipinski definition) is 3. The molecule has 0 saturated carbocycles. The van der Waals surface area contributed by atoms with Crippen molar-refractivity contribution >= 4 is 5.97 Å². The lowest BCUT2D eigenvalue weighted by molar-refractivity contribution is -0.141. The summed E-state index contributed by atoms with van der Waals surface area (Å²) < 4.78 is 5.25. The molecule has 0 bridgehead atoms. The van der Waals surface area contributed by atoms with Crippen LogP contribution in [0.2, 0.25) is 0 Å². The van der Waals surface area contributed by atoms with Gasteiger partial charge in [-0.25, -0.2) is 0 Å². The van der Waals surface area contributed by atoms with Crippen LogP contribution in [-0.4, -0.2) is 23.5 Å². The van der Waals surface area contributed by atoms with E-state index in [1.54, 1.807) is 0 Å². The Morgan fingerprint density at radius 3 is 2.27 bits per heavy atom. The largest absolute Gasteiger partial charge is 0.464 e. The van der Waals surface area contributed by atoms with Gasteiger partial charge in [0.05, 0.1) is 12.1 Å². The summed E-state index contributed by atoms with van der Waals surface area (Å²) in [5, 5.41) is 0. The molecule has 0 spiro atoms. The van der Waals surface area contributed by atoms with Crippen LogP contribution in [0, 0.1) is 0 Å². The Kier molecular flexibility index (Phi) is 4.25. The summed E-state index contributed by atoms with van der Waals surface area (Å²) in [5.74, 6) is -0.217. The lowest BCUT2D eigenvalue weighted by Crippen LogP contribution is -2.14. The van der Waals surface area contributed by atoms with E-state index in [9.17, 15) is 4.79 Å². The Bertz CT molecular complexity index is 626. The molecule has 3 heteroatoms. The average Bonchev–Trinajstić information content (AvgIpc) is 3.28. The molecule has 1 aliphatic rings. The van der Waals surface area contributed by atoms with Gasteiger partial charge in [-0.1, -0.05) is 60.7 Å². The fraction of sp³-hybridized carbons (Fsp3) is 0.316. The van der Waals surface area contributed by atoms with Crippen molar-refractivity contribution in [1.82, 2.24) is 4.90 Å². The van der Waals surface area contributed by atoms with Crippen LogP contribution in [0.1, 0.15) is 37.1 Å². The Labute approximate surface area is 131 Å². The Hall–Kier alpha value is -2.13. The SMILES string of the molecule is CC(=O)OC[C@H]1[C@@H](c2ccccc2)N1[C@H](C)c1ccccc1. The van der Waals surface area contributed by atoms with Gasteiger partial charge in [0, 0.05) is 13.0 Å². The fourth-order valence-corrected chi connectivity index (χ4v) is 3.16. The molecule has 0 aliphatic carbocycles. The van der Waals surface area contributed by atoms with E-state index in [1.165, 1.54) is 18.1 Å². The van der Waals surface area contributed by atoms with Gasteiger partial charge >= 0.3 is 5.97 Å². The highest BCUT2D eigenvalue weighted by atomic mass is 16.5. The van der Waals surface area contributed by atoms with E-state index in [4.69, 9.17) is 4.74 Å². The average molecular weight is 295 g/mol. The van der Waals surface area contributed by atoms with Crippen molar-refractivity contribution in [1.29, 1.82) is 0 Å². The number of benzene rings is 2. The van der Waals surface area contributed by atoms with E-state index in [2.05, 4.69) is 60.4 Å². The maximum absolute atomic E-state index is 11.1. The predicted octanol–water partition coefficient (Wildman–Crippen LogP) is 3.74. The number of carbonyl (C=O) groups excluding carboxylic acids is 1. The molecular formula is C19H21NO2. The van der Waals surface area contributed by atoms with E-state index in [0.717, 1.165) is 0 Å². The van der Waals surface area contributed by atoms with Gasteiger partial charge in [0.1, 0.15) is 6.61 Å². The quantitative estimate of drug-likeness (QED) is 0.621. The number of hydrogen-bond donors (Lipinski definition) is 0. The molecule has 2 aromatic rings. The van der Waals surface area contributed by atoms with Crippen molar-refractivity contribution in [3.05, 3.63) is 71.8 Å². The van der Waals surface area contributed by atoms with Gasteiger partial charge in [-0.05, 0) is 18.1 Å². The first-order valence-electron chi connectivity index (χ1n) is 7.69. The van der Waals surface area contributed by atoms with E-state index < -0.39 is 0 Å². The van der Waals surface area contributed by atoms with Gasteiger partial charge in [0.2, 0.25) is 0 Å². The number of esters is 1. The lowest BCUT2D eigenvalue weighted by atomic mass is 10.1. The minimum Gasteiger partial charge on any atom is -0.464 e. The van der Waals surface area contributed by atoms with E-state index in [-0.39, 0.29) is 12.0 Å². The molecule has 2 aromatic carbocycles.